The number of hydrogen-bond acceptors (Lipinski definition) is 6. The summed E-state index contributed by atoms with van der Waals surface area (Å²) in [5, 5.41) is 49.1. The molecule has 1 aliphatic heterocycles. The molecule has 2 unspecified atom stereocenters. The van der Waals surface area contributed by atoms with Gasteiger partial charge in [-0.3, -0.25) is 0 Å². The van der Waals surface area contributed by atoms with Gasteiger partial charge in [0, 0.05) is 5.92 Å². The highest BCUT2D eigenvalue weighted by Gasteiger charge is 2.46. The predicted octanol–water partition coefficient (Wildman–Crippen LogP) is 1.51. The molecular formula is C21H23ClF2O6. The maximum atomic E-state index is 13.8. The molecule has 6 nitrogen and oxygen atoms in total. The second-order valence-electron chi connectivity index (χ2n) is 7.41. The van der Waals surface area contributed by atoms with Crippen LogP contribution in [0.1, 0.15) is 17.0 Å². The Morgan fingerprint density at radius 1 is 0.967 bits per heavy atom. The Bertz CT molecular complexity index is 886. The van der Waals surface area contributed by atoms with Gasteiger partial charge in [0.15, 0.2) is 0 Å². The zero-order valence-electron chi connectivity index (χ0n) is 16.0. The zero-order chi connectivity index (χ0) is 22.2. The van der Waals surface area contributed by atoms with Gasteiger partial charge in [0.05, 0.1) is 19.3 Å². The van der Waals surface area contributed by atoms with Crippen molar-refractivity contribution in [3.63, 3.8) is 0 Å². The van der Waals surface area contributed by atoms with Gasteiger partial charge < -0.3 is 30.3 Å². The number of halogens is 3. The molecule has 0 bridgehead atoms. The van der Waals surface area contributed by atoms with E-state index < -0.39 is 66.3 Å². The largest absolute Gasteiger partial charge is 0.396 e. The first-order valence-electron chi connectivity index (χ1n) is 9.36. The van der Waals surface area contributed by atoms with E-state index in [1.54, 1.807) is 25.1 Å². The minimum atomic E-state index is -1.56. The summed E-state index contributed by atoms with van der Waals surface area (Å²) in [6.07, 6.45) is -6.76. The molecule has 0 spiro atoms. The molecule has 2 aromatic carbocycles. The monoisotopic (exact) mass is 444 g/mol. The summed E-state index contributed by atoms with van der Waals surface area (Å²) < 4.78 is 33.2. The highest BCUT2D eigenvalue weighted by Crippen LogP contribution is 2.35. The van der Waals surface area contributed by atoms with E-state index in [0.717, 1.165) is 12.1 Å². The van der Waals surface area contributed by atoms with Crippen molar-refractivity contribution >= 4 is 11.6 Å². The maximum absolute atomic E-state index is 13.8. The topological polar surface area (TPSA) is 110 Å². The number of aryl methyl sites for hydroxylation is 1. The van der Waals surface area contributed by atoms with Crippen LogP contribution < -0.4 is 0 Å². The van der Waals surface area contributed by atoms with E-state index in [0.29, 0.717) is 16.7 Å². The van der Waals surface area contributed by atoms with Gasteiger partial charge in [0.1, 0.15) is 41.1 Å². The first-order chi connectivity index (χ1) is 14.2. The van der Waals surface area contributed by atoms with Gasteiger partial charge in [0.2, 0.25) is 0 Å². The Kier molecular flexibility index (Phi) is 7.09. The van der Waals surface area contributed by atoms with Crippen molar-refractivity contribution < 1.29 is 39.1 Å². The predicted molar refractivity (Wildman–Crippen MR) is 105 cm³/mol. The van der Waals surface area contributed by atoms with E-state index in [1.807, 2.05) is 0 Å². The standard InChI is InChI=1S/C21H23ClF2O6/c1-9-4-10(11-5-14(23)17(22)15(24)6-11)2-3-12(9)13(7-25)21-20(29)19(28)18(27)16(8-26)30-21/h2-6,13,16,18-21,25-29H,7-8H2,1H3/t13-,16?,18-,19?,20-,21-/m1/s1. The van der Waals surface area contributed by atoms with Crippen LogP contribution in [0.5, 0.6) is 0 Å². The lowest BCUT2D eigenvalue weighted by Gasteiger charge is -2.43. The number of benzene rings is 2. The Hall–Kier alpha value is -1.65. The maximum Gasteiger partial charge on any atom is 0.145 e. The van der Waals surface area contributed by atoms with Crippen LogP contribution in [0.15, 0.2) is 30.3 Å². The van der Waals surface area contributed by atoms with Crippen molar-refractivity contribution in [2.75, 3.05) is 13.2 Å². The summed E-state index contributed by atoms with van der Waals surface area (Å²) in [7, 11) is 0. The van der Waals surface area contributed by atoms with Gasteiger partial charge in [-0.15, -0.1) is 0 Å². The van der Waals surface area contributed by atoms with E-state index in [-0.39, 0.29) is 5.56 Å². The fourth-order valence-corrected chi connectivity index (χ4v) is 3.94. The minimum Gasteiger partial charge on any atom is -0.396 e. The molecule has 9 heteroatoms. The van der Waals surface area contributed by atoms with Gasteiger partial charge >= 0.3 is 0 Å². The molecule has 3 rings (SSSR count). The van der Waals surface area contributed by atoms with Gasteiger partial charge in [-0.05, 0) is 41.3 Å². The molecule has 30 heavy (non-hydrogen) atoms. The van der Waals surface area contributed by atoms with Gasteiger partial charge in [-0.2, -0.15) is 0 Å². The lowest BCUT2D eigenvalue weighted by atomic mass is 9.82. The lowest BCUT2D eigenvalue weighted by molar-refractivity contribution is -0.236. The van der Waals surface area contributed by atoms with Crippen LogP contribution in [0, 0.1) is 18.6 Å². The smallest absolute Gasteiger partial charge is 0.145 e. The summed E-state index contributed by atoms with van der Waals surface area (Å²) in [5.74, 6) is -2.56. The zero-order valence-corrected chi connectivity index (χ0v) is 16.8. The van der Waals surface area contributed by atoms with Crippen LogP contribution in [-0.4, -0.2) is 69.3 Å². The number of ether oxygens (including phenoxy) is 1. The summed E-state index contributed by atoms with van der Waals surface area (Å²) in [6, 6.07) is 7.10. The number of rotatable bonds is 5. The summed E-state index contributed by atoms with van der Waals surface area (Å²) in [6.45, 7) is 0.687. The molecular weight excluding hydrogens is 422 g/mol. The molecule has 0 saturated carbocycles. The van der Waals surface area contributed by atoms with Gasteiger partial charge in [0.25, 0.3) is 0 Å². The summed E-state index contributed by atoms with van der Waals surface area (Å²) in [4.78, 5) is 0. The van der Waals surface area contributed by atoms with Crippen molar-refractivity contribution in [2.45, 2.75) is 43.4 Å². The third kappa shape index (κ3) is 4.22. The highest BCUT2D eigenvalue weighted by atomic mass is 35.5. The highest BCUT2D eigenvalue weighted by molar-refractivity contribution is 6.31. The average molecular weight is 445 g/mol. The number of aliphatic hydroxyl groups is 5. The molecule has 1 saturated heterocycles. The SMILES string of the molecule is Cc1cc(-c2cc(F)c(Cl)c(F)c2)ccc1[C@@H](CO)[C@H]1OC(CO)[C@@H](O)C(O)[C@H]1O. The van der Waals surface area contributed by atoms with Crippen molar-refractivity contribution in [1.29, 1.82) is 0 Å². The summed E-state index contributed by atoms with van der Waals surface area (Å²) >= 11 is 5.53. The van der Waals surface area contributed by atoms with Crippen molar-refractivity contribution in [3.05, 3.63) is 58.1 Å². The Labute approximate surface area is 176 Å². The molecule has 164 valence electrons. The molecule has 5 N–H and O–H groups in total. The molecule has 2 aromatic rings. The summed E-state index contributed by atoms with van der Waals surface area (Å²) in [5.41, 5.74) is 1.99. The van der Waals surface area contributed by atoms with Gasteiger partial charge in [-0.1, -0.05) is 29.8 Å². The molecule has 1 aliphatic rings. The molecule has 0 aromatic heterocycles. The van der Waals surface area contributed by atoms with Crippen molar-refractivity contribution in [2.24, 2.45) is 0 Å². The fourth-order valence-electron chi connectivity index (χ4n) is 3.84. The first kappa shape index (κ1) is 23.0. The third-order valence-electron chi connectivity index (χ3n) is 5.51. The first-order valence-corrected chi connectivity index (χ1v) is 9.74. The van der Waals surface area contributed by atoms with Crippen LogP contribution in [-0.2, 0) is 4.74 Å². The molecule has 0 aliphatic carbocycles. The van der Waals surface area contributed by atoms with E-state index in [2.05, 4.69) is 0 Å². The van der Waals surface area contributed by atoms with E-state index in [1.165, 1.54) is 0 Å². The Morgan fingerprint density at radius 3 is 2.13 bits per heavy atom. The Morgan fingerprint density at radius 2 is 1.60 bits per heavy atom. The molecule has 1 heterocycles. The van der Waals surface area contributed by atoms with Gasteiger partial charge in [-0.25, -0.2) is 8.78 Å². The lowest BCUT2D eigenvalue weighted by Crippen LogP contribution is -2.60. The van der Waals surface area contributed by atoms with Crippen molar-refractivity contribution in [1.82, 2.24) is 0 Å². The van der Waals surface area contributed by atoms with E-state index >= 15 is 0 Å². The normalized spacial score (nSPS) is 27.8. The second-order valence-corrected chi connectivity index (χ2v) is 7.79. The van der Waals surface area contributed by atoms with Crippen molar-refractivity contribution in [3.8, 4) is 11.1 Å². The Balaban J connectivity index is 1.94. The fraction of sp³-hybridized carbons (Fsp3) is 0.429. The minimum absolute atomic E-state index is 0.275. The van der Waals surface area contributed by atoms with E-state index in [9.17, 15) is 34.3 Å². The molecule has 0 amide bonds. The van der Waals surface area contributed by atoms with Crippen LogP contribution >= 0.6 is 11.6 Å². The quantitative estimate of drug-likeness (QED) is 0.447. The number of aliphatic hydroxyl groups excluding tert-OH is 5. The molecule has 1 fully saturated rings. The molecule has 0 radical (unpaired) electrons. The van der Waals surface area contributed by atoms with Crippen LogP contribution in [0.4, 0.5) is 8.78 Å². The second kappa shape index (κ2) is 9.23. The molecule has 6 atom stereocenters. The van der Waals surface area contributed by atoms with Crippen LogP contribution in [0.25, 0.3) is 11.1 Å². The average Bonchev–Trinajstić information content (AvgIpc) is 2.72. The van der Waals surface area contributed by atoms with Crippen LogP contribution in [0.2, 0.25) is 5.02 Å². The third-order valence-corrected chi connectivity index (χ3v) is 5.87. The number of hydrogen-bond donors (Lipinski definition) is 5. The van der Waals surface area contributed by atoms with Crippen LogP contribution in [0.3, 0.4) is 0 Å². The van der Waals surface area contributed by atoms with E-state index in [4.69, 9.17) is 16.3 Å².